The van der Waals surface area contributed by atoms with Gasteiger partial charge >= 0.3 is 0 Å². The summed E-state index contributed by atoms with van der Waals surface area (Å²) in [6.07, 6.45) is 3.44. The fourth-order valence-corrected chi connectivity index (χ4v) is 3.94. The average Bonchev–Trinajstić information content (AvgIpc) is 2.86. The smallest absolute Gasteiger partial charge is 0.251 e. The van der Waals surface area contributed by atoms with E-state index in [0.717, 1.165) is 40.7 Å². The van der Waals surface area contributed by atoms with E-state index in [1.54, 1.807) is 0 Å². The maximum absolute atomic E-state index is 12.3. The van der Waals surface area contributed by atoms with Crippen LogP contribution in [0.4, 0.5) is 5.69 Å². The third-order valence-electron chi connectivity index (χ3n) is 3.88. The van der Waals surface area contributed by atoms with Crippen molar-refractivity contribution in [1.82, 2.24) is 5.32 Å². The van der Waals surface area contributed by atoms with Crippen LogP contribution in [-0.2, 0) is 0 Å². The van der Waals surface area contributed by atoms with Crippen molar-refractivity contribution in [1.29, 1.82) is 0 Å². The van der Waals surface area contributed by atoms with E-state index in [1.165, 1.54) is 6.42 Å². The lowest BCUT2D eigenvalue weighted by atomic mass is 10.1. The zero-order valence-electron chi connectivity index (χ0n) is 12.5. The summed E-state index contributed by atoms with van der Waals surface area (Å²) in [5, 5.41) is 7.00. The van der Waals surface area contributed by atoms with Gasteiger partial charge in [0.1, 0.15) is 0 Å². The van der Waals surface area contributed by atoms with Gasteiger partial charge in [0.25, 0.3) is 5.91 Å². The van der Waals surface area contributed by atoms with Crippen molar-refractivity contribution < 1.29 is 4.79 Å². The number of hydrogen-bond donors (Lipinski definition) is 2. The quantitative estimate of drug-likeness (QED) is 0.873. The summed E-state index contributed by atoms with van der Waals surface area (Å²) >= 11 is 2.01. The van der Waals surface area contributed by atoms with Crippen LogP contribution < -0.4 is 10.6 Å². The molecule has 0 heterocycles. The number of thioether (sulfide) groups is 1. The molecule has 2 rings (SSSR count). The van der Waals surface area contributed by atoms with E-state index < -0.39 is 0 Å². The van der Waals surface area contributed by atoms with Crippen molar-refractivity contribution in [2.75, 3.05) is 18.1 Å². The molecule has 1 aliphatic carbocycles. The van der Waals surface area contributed by atoms with Crippen LogP contribution in [0.3, 0.4) is 0 Å². The Hall–Kier alpha value is -1.16. The van der Waals surface area contributed by atoms with Crippen LogP contribution in [0.15, 0.2) is 18.2 Å². The van der Waals surface area contributed by atoms with Gasteiger partial charge in [0.2, 0.25) is 0 Å². The zero-order chi connectivity index (χ0) is 14.5. The Morgan fingerprint density at radius 1 is 1.40 bits per heavy atom. The highest BCUT2D eigenvalue weighted by Gasteiger charge is 2.26. The van der Waals surface area contributed by atoms with Gasteiger partial charge in [-0.3, -0.25) is 4.79 Å². The predicted octanol–water partition coefficient (Wildman–Crippen LogP) is 3.44. The molecule has 4 heteroatoms. The molecule has 2 unspecified atom stereocenters. The number of benzene rings is 1. The molecule has 2 atom stereocenters. The molecule has 1 fully saturated rings. The molecule has 0 radical (unpaired) electrons. The van der Waals surface area contributed by atoms with Crippen LogP contribution in [0, 0.1) is 6.92 Å². The normalized spacial score (nSPS) is 21.8. The average molecular weight is 292 g/mol. The van der Waals surface area contributed by atoms with E-state index in [2.05, 4.69) is 17.6 Å². The molecular formula is C16H24N2OS. The monoisotopic (exact) mass is 292 g/mol. The number of amides is 1. The van der Waals surface area contributed by atoms with Gasteiger partial charge < -0.3 is 10.6 Å². The van der Waals surface area contributed by atoms with E-state index in [4.69, 9.17) is 0 Å². The lowest BCUT2D eigenvalue weighted by Gasteiger charge is -2.15. The molecule has 2 N–H and O–H groups in total. The van der Waals surface area contributed by atoms with Crippen LogP contribution in [0.1, 0.15) is 42.1 Å². The first kappa shape index (κ1) is 15.2. The third kappa shape index (κ3) is 3.69. The first-order valence-corrected chi connectivity index (χ1v) is 8.39. The SMILES string of the molecule is CCSC1CCC(NC(=O)c2ccc(NC)cc2C)C1. The predicted molar refractivity (Wildman–Crippen MR) is 87.8 cm³/mol. The molecule has 0 saturated heterocycles. The van der Waals surface area contributed by atoms with E-state index in [1.807, 2.05) is 43.9 Å². The lowest BCUT2D eigenvalue weighted by molar-refractivity contribution is 0.0937. The summed E-state index contributed by atoms with van der Waals surface area (Å²) in [6, 6.07) is 6.21. The first-order chi connectivity index (χ1) is 9.63. The van der Waals surface area contributed by atoms with Gasteiger partial charge in [-0.1, -0.05) is 6.92 Å². The number of aryl methyl sites for hydroxylation is 1. The Morgan fingerprint density at radius 2 is 2.20 bits per heavy atom. The van der Waals surface area contributed by atoms with Crippen molar-refractivity contribution in [3.05, 3.63) is 29.3 Å². The molecule has 1 aromatic rings. The number of anilines is 1. The molecular weight excluding hydrogens is 268 g/mol. The van der Waals surface area contributed by atoms with E-state index >= 15 is 0 Å². The lowest BCUT2D eigenvalue weighted by Crippen LogP contribution is -2.33. The highest BCUT2D eigenvalue weighted by molar-refractivity contribution is 7.99. The Labute approximate surface area is 125 Å². The second-order valence-electron chi connectivity index (χ2n) is 5.34. The second kappa shape index (κ2) is 7.02. The highest BCUT2D eigenvalue weighted by Crippen LogP contribution is 2.30. The van der Waals surface area contributed by atoms with Crippen molar-refractivity contribution in [3.63, 3.8) is 0 Å². The van der Waals surface area contributed by atoms with Gasteiger partial charge in [0.05, 0.1) is 0 Å². The summed E-state index contributed by atoms with van der Waals surface area (Å²) in [4.78, 5) is 12.3. The Kier molecular flexibility index (Phi) is 5.35. The molecule has 3 nitrogen and oxygen atoms in total. The molecule has 20 heavy (non-hydrogen) atoms. The molecule has 0 aliphatic heterocycles. The topological polar surface area (TPSA) is 41.1 Å². The Morgan fingerprint density at radius 3 is 2.85 bits per heavy atom. The molecule has 1 aliphatic rings. The summed E-state index contributed by atoms with van der Waals surface area (Å²) in [5.41, 5.74) is 2.85. The van der Waals surface area contributed by atoms with Crippen molar-refractivity contribution in [2.24, 2.45) is 0 Å². The van der Waals surface area contributed by atoms with E-state index in [0.29, 0.717) is 6.04 Å². The third-order valence-corrected chi connectivity index (χ3v) is 5.11. The molecule has 1 saturated carbocycles. The maximum atomic E-state index is 12.3. The molecule has 0 aromatic heterocycles. The van der Waals surface area contributed by atoms with E-state index in [-0.39, 0.29) is 5.91 Å². The molecule has 0 bridgehead atoms. The van der Waals surface area contributed by atoms with Gasteiger partial charge in [0, 0.05) is 29.6 Å². The molecule has 1 amide bonds. The molecule has 110 valence electrons. The van der Waals surface area contributed by atoms with Crippen LogP contribution in [0.2, 0.25) is 0 Å². The Bertz CT molecular complexity index is 476. The van der Waals surface area contributed by atoms with Crippen LogP contribution >= 0.6 is 11.8 Å². The number of carbonyl (C=O) groups is 1. The molecule has 0 spiro atoms. The minimum Gasteiger partial charge on any atom is -0.388 e. The summed E-state index contributed by atoms with van der Waals surface area (Å²) < 4.78 is 0. The van der Waals surface area contributed by atoms with Gasteiger partial charge in [-0.2, -0.15) is 11.8 Å². The van der Waals surface area contributed by atoms with Crippen molar-refractivity contribution in [2.45, 2.75) is 44.4 Å². The first-order valence-electron chi connectivity index (χ1n) is 7.35. The fourth-order valence-electron chi connectivity index (χ4n) is 2.80. The van der Waals surface area contributed by atoms with Crippen molar-refractivity contribution >= 4 is 23.4 Å². The standard InChI is InChI=1S/C16H24N2OS/c1-4-20-14-7-5-13(10-14)18-16(19)15-8-6-12(17-3)9-11(15)2/h6,8-9,13-14,17H,4-5,7,10H2,1-3H3,(H,18,19). The van der Waals surface area contributed by atoms with Crippen LogP contribution in [0.5, 0.6) is 0 Å². The minimum atomic E-state index is 0.0669. The number of nitrogens with one attached hydrogen (secondary N) is 2. The fraction of sp³-hybridized carbons (Fsp3) is 0.562. The zero-order valence-corrected chi connectivity index (χ0v) is 13.3. The largest absolute Gasteiger partial charge is 0.388 e. The Balaban J connectivity index is 1.95. The number of rotatable bonds is 5. The van der Waals surface area contributed by atoms with Crippen molar-refractivity contribution in [3.8, 4) is 0 Å². The van der Waals surface area contributed by atoms with Gasteiger partial charge in [-0.25, -0.2) is 0 Å². The van der Waals surface area contributed by atoms with E-state index in [9.17, 15) is 4.79 Å². The molecule has 1 aromatic carbocycles. The minimum absolute atomic E-state index is 0.0669. The summed E-state index contributed by atoms with van der Waals surface area (Å²) in [6.45, 7) is 4.18. The van der Waals surface area contributed by atoms with Gasteiger partial charge in [-0.15, -0.1) is 0 Å². The van der Waals surface area contributed by atoms with Gasteiger partial charge in [0.15, 0.2) is 0 Å². The second-order valence-corrected chi connectivity index (χ2v) is 6.92. The summed E-state index contributed by atoms with van der Waals surface area (Å²) in [5.74, 6) is 1.23. The van der Waals surface area contributed by atoms with Crippen LogP contribution in [0.25, 0.3) is 0 Å². The number of hydrogen-bond acceptors (Lipinski definition) is 3. The van der Waals surface area contributed by atoms with Gasteiger partial charge in [-0.05, 0) is 55.7 Å². The summed E-state index contributed by atoms with van der Waals surface area (Å²) in [7, 11) is 1.89. The number of carbonyl (C=O) groups excluding carboxylic acids is 1. The highest BCUT2D eigenvalue weighted by atomic mass is 32.2. The van der Waals surface area contributed by atoms with Crippen LogP contribution in [-0.4, -0.2) is 30.0 Å². The maximum Gasteiger partial charge on any atom is 0.251 e.